The summed E-state index contributed by atoms with van der Waals surface area (Å²) in [5, 5.41) is 8.71. The molecule has 2 fully saturated rings. The van der Waals surface area contributed by atoms with Gasteiger partial charge < -0.3 is 10.0 Å². The Morgan fingerprint density at radius 1 is 1.45 bits per heavy atom. The second-order valence-corrected chi connectivity index (χ2v) is 3.25. The van der Waals surface area contributed by atoms with Crippen molar-refractivity contribution in [2.75, 3.05) is 19.6 Å². The quantitative estimate of drug-likeness (QED) is 0.632. The largest absolute Gasteiger partial charge is 0.481 e. The van der Waals surface area contributed by atoms with Gasteiger partial charge in [-0.1, -0.05) is 0 Å². The molecular formula is C7H12ClNO2. The molecule has 0 aromatic rings. The third-order valence-electron chi connectivity index (χ3n) is 2.65. The molecule has 2 aliphatic heterocycles. The number of halogens is 1. The summed E-state index contributed by atoms with van der Waals surface area (Å²) in [6, 6.07) is 0. The van der Waals surface area contributed by atoms with Crippen LogP contribution >= 0.6 is 12.4 Å². The van der Waals surface area contributed by atoms with E-state index in [4.69, 9.17) is 5.11 Å². The Morgan fingerprint density at radius 3 is 2.45 bits per heavy atom. The van der Waals surface area contributed by atoms with Gasteiger partial charge in [0.05, 0.1) is 5.92 Å². The predicted molar refractivity (Wildman–Crippen MR) is 42.9 cm³/mol. The van der Waals surface area contributed by atoms with Crippen molar-refractivity contribution in [3.63, 3.8) is 0 Å². The molecular weight excluding hydrogens is 166 g/mol. The van der Waals surface area contributed by atoms with Crippen molar-refractivity contribution in [3.8, 4) is 0 Å². The van der Waals surface area contributed by atoms with E-state index in [2.05, 4.69) is 4.90 Å². The second-order valence-electron chi connectivity index (χ2n) is 3.25. The molecule has 0 aromatic carbocycles. The molecule has 2 saturated heterocycles. The molecule has 1 N–H and O–H groups in total. The van der Waals surface area contributed by atoms with Crippen molar-refractivity contribution in [1.29, 1.82) is 0 Å². The SMILES string of the molecule is Cl.O=C(O)[C@@H]1CN2CC[C@@H]1C2. The highest BCUT2D eigenvalue weighted by Crippen LogP contribution is 2.32. The maximum Gasteiger partial charge on any atom is 0.308 e. The lowest BCUT2D eigenvalue weighted by atomic mass is 9.93. The lowest BCUT2D eigenvalue weighted by Crippen LogP contribution is -2.28. The molecule has 2 heterocycles. The van der Waals surface area contributed by atoms with Crippen molar-refractivity contribution in [2.45, 2.75) is 6.42 Å². The van der Waals surface area contributed by atoms with Gasteiger partial charge in [0.15, 0.2) is 0 Å². The van der Waals surface area contributed by atoms with Crippen molar-refractivity contribution in [1.82, 2.24) is 4.90 Å². The highest BCUT2D eigenvalue weighted by atomic mass is 35.5. The fraction of sp³-hybridized carbons (Fsp3) is 0.857. The maximum atomic E-state index is 10.6. The topological polar surface area (TPSA) is 40.5 Å². The van der Waals surface area contributed by atoms with Crippen LogP contribution < -0.4 is 0 Å². The Labute approximate surface area is 71.8 Å². The van der Waals surface area contributed by atoms with E-state index >= 15 is 0 Å². The van der Waals surface area contributed by atoms with E-state index in [1.54, 1.807) is 0 Å². The van der Waals surface area contributed by atoms with Crippen LogP contribution in [0.15, 0.2) is 0 Å². The zero-order chi connectivity index (χ0) is 7.14. The van der Waals surface area contributed by atoms with Gasteiger partial charge in [0.2, 0.25) is 0 Å². The number of carboxylic acids is 1. The van der Waals surface area contributed by atoms with Gasteiger partial charge >= 0.3 is 5.97 Å². The van der Waals surface area contributed by atoms with Crippen molar-refractivity contribution < 1.29 is 9.90 Å². The third kappa shape index (κ3) is 1.35. The van der Waals surface area contributed by atoms with Crippen LogP contribution in [0.1, 0.15) is 6.42 Å². The molecule has 0 radical (unpaired) electrons. The molecule has 0 saturated carbocycles. The number of piperidine rings is 1. The fourth-order valence-electron chi connectivity index (χ4n) is 2.06. The van der Waals surface area contributed by atoms with Gasteiger partial charge in [-0.3, -0.25) is 4.79 Å². The van der Waals surface area contributed by atoms with Crippen LogP contribution in [0.2, 0.25) is 0 Å². The number of aliphatic carboxylic acids is 1. The highest BCUT2D eigenvalue weighted by molar-refractivity contribution is 5.85. The highest BCUT2D eigenvalue weighted by Gasteiger charge is 2.41. The third-order valence-corrected chi connectivity index (χ3v) is 2.65. The second kappa shape index (κ2) is 2.99. The molecule has 3 nitrogen and oxygen atoms in total. The molecule has 1 unspecified atom stereocenters. The summed E-state index contributed by atoms with van der Waals surface area (Å²) in [5.74, 6) is -0.210. The van der Waals surface area contributed by atoms with Gasteiger partial charge in [-0.2, -0.15) is 0 Å². The first-order valence-corrected chi connectivity index (χ1v) is 3.72. The van der Waals surface area contributed by atoms with Crippen molar-refractivity contribution >= 4 is 18.4 Å². The zero-order valence-electron chi connectivity index (χ0n) is 6.19. The number of rotatable bonds is 1. The van der Waals surface area contributed by atoms with E-state index in [9.17, 15) is 4.79 Å². The van der Waals surface area contributed by atoms with Crippen molar-refractivity contribution in [2.24, 2.45) is 11.8 Å². The zero-order valence-corrected chi connectivity index (χ0v) is 7.01. The summed E-state index contributed by atoms with van der Waals surface area (Å²) in [5.41, 5.74) is 0. The van der Waals surface area contributed by atoms with Gasteiger partial charge in [-0.05, 0) is 18.9 Å². The summed E-state index contributed by atoms with van der Waals surface area (Å²) in [4.78, 5) is 12.8. The minimum Gasteiger partial charge on any atom is -0.481 e. The van der Waals surface area contributed by atoms with Gasteiger partial charge in [0.25, 0.3) is 0 Å². The van der Waals surface area contributed by atoms with Crippen molar-refractivity contribution in [3.05, 3.63) is 0 Å². The predicted octanol–water partition coefficient (Wildman–Crippen LogP) is 0.444. The number of nitrogens with zero attached hydrogens (tertiary/aromatic N) is 1. The van der Waals surface area contributed by atoms with E-state index in [0.29, 0.717) is 5.92 Å². The Morgan fingerprint density at radius 2 is 2.18 bits per heavy atom. The van der Waals surface area contributed by atoms with Crippen LogP contribution in [0.25, 0.3) is 0 Å². The fourth-order valence-corrected chi connectivity index (χ4v) is 2.06. The Balaban J connectivity index is 0.000000605. The molecule has 2 bridgehead atoms. The van der Waals surface area contributed by atoms with Crippen LogP contribution in [0.3, 0.4) is 0 Å². The van der Waals surface area contributed by atoms with E-state index in [-0.39, 0.29) is 18.3 Å². The molecule has 4 heteroatoms. The first-order valence-electron chi connectivity index (χ1n) is 3.72. The minimum atomic E-state index is -0.604. The summed E-state index contributed by atoms with van der Waals surface area (Å²) >= 11 is 0. The first kappa shape index (κ1) is 8.81. The normalized spacial score (nSPS) is 40.2. The molecule has 0 amide bonds. The molecule has 0 aliphatic carbocycles. The summed E-state index contributed by atoms with van der Waals surface area (Å²) in [6.07, 6.45) is 1.09. The number of carbonyl (C=O) groups is 1. The molecule has 3 atom stereocenters. The molecule has 0 spiro atoms. The van der Waals surface area contributed by atoms with E-state index in [1.807, 2.05) is 0 Å². The molecule has 64 valence electrons. The van der Waals surface area contributed by atoms with Crippen LogP contribution in [0, 0.1) is 11.8 Å². The summed E-state index contributed by atoms with van der Waals surface area (Å²) in [6.45, 7) is 2.94. The summed E-state index contributed by atoms with van der Waals surface area (Å²) < 4.78 is 0. The lowest BCUT2D eigenvalue weighted by Gasteiger charge is -2.17. The van der Waals surface area contributed by atoms with Gasteiger partial charge in [0, 0.05) is 13.1 Å². The molecule has 2 aliphatic rings. The smallest absolute Gasteiger partial charge is 0.308 e. The first-order chi connectivity index (χ1) is 4.77. The van der Waals surface area contributed by atoms with E-state index < -0.39 is 5.97 Å². The molecule has 11 heavy (non-hydrogen) atoms. The monoisotopic (exact) mass is 177 g/mol. The lowest BCUT2D eigenvalue weighted by molar-refractivity contribution is -0.143. The standard InChI is InChI=1S/C7H11NO2.ClH/c9-7(10)6-4-8-2-1-5(6)3-8;/h5-6H,1-4H2,(H,9,10);1H/t5-,6-;/m1./s1. The number of carboxylic acid groups (broad SMARTS) is 1. The van der Waals surface area contributed by atoms with E-state index in [0.717, 1.165) is 26.1 Å². The van der Waals surface area contributed by atoms with Gasteiger partial charge in [0.1, 0.15) is 0 Å². The average Bonchev–Trinajstić information content (AvgIpc) is 2.44. The van der Waals surface area contributed by atoms with Gasteiger partial charge in [-0.15, -0.1) is 12.4 Å². The van der Waals surface area contributed by atoms with Gasteiger partial charge in [-0.25, -0.2) is 0 Å². The van der Waals surface area contributed by atoms with Crippen LogP contribution in [0.4, 0.5) is 0 Å². The number of hydrogen-bond acceptors (Lipinski definition) is 2. The van der Waals surface area contributed by atoms with Crippen LogP contribution in [-0.2, 0) is 4.79 Å². The number of hydrogen-bond donors (Lipinski definition) is 1. The number of fused-ring (bicyclic) bond motifs is 2. The Bertz CT molecular complexity index is 174. The van der Waals surface area contributed by atoms with Crippen LogP contribution in [0.5, 0.6) is 0 Å². The average molecular weight is 178 g/mol. The minimum absolute atomic E-state index is 0. The molecule has 0 aromatic heterocycles. The molecule has 2 rings (SSSR count). The Kier molecular flexibility index (Phi) is 2.40. The maximum absolute atomic E-state index is 10.6. The van der Waals surface area contributed by atoms with Crippen LogP contribution in [-0.4, -0.2) is 35.6 Å². The van der Waals surface area contributed by atoms with E-state index in [1.165, 1.54) is 0 Å². The Hall–Kier alpha value is -0.280. The summed E-state index contributed by atoms with van der Waals surface area (Å²) in [7, 11) is 0.